The molecule has 7 nitrogen and oxygen atoms in total. The molecule has 0 fully saturated rings. The van der Waals surface area contributed by atoms with Crippen molar-refractivity contribution in [1.82, 2.24) is 14.2 Å². The molecule has 1 N–H and O–H groups in total. The Morgan fingerprint density at radius 2 is 1.94 bits per heavy atom. The highest BCUT2D eigenvalue weighted by molar-refractivity contribution is 9.10. The third kappa shape index (κ3) is 4.03. The fourth-order valence-corrected chi connectivity index (χ4v) is 3.88. The molecule has 0 atom stereocenters. The molecule has 0 aliphatic carbocycles. The van der Waals surface area contributed by atoms with Crippen LogP contribution in [0.1, 0.15) is 32.2 Å². The van der Waals surface area contributed by atoms with Crippen LogP contribution in [0.15, 0.2) is 63.0 Å². The number of benzene rings is 2. The average Bonchev–Trinajstić information content (AvgIpc) is 3.04. The number of rotatable bonds is 4. The van der Waals surface area contributed by atoms with Gasteiger partial charge >= 0.3 is 5.97 Å². The zero-order valence-corrected chi connectivity index (χ0v) is 18.9. The van der Waals surface area contributed by atoms with E-state index in [4.69, 9.17) is 4.98 Å². The van der Waals surface area contributed by atoms with E-state index in [1.165, 1.54) is 4.68 Å². The Morgan fingerprint density at radius 3 is 2.65 bits per heavy atom. The molecule has 2 aromatic carbocycles. The molecule has 0 unspecified atom stereocenters. The number of aromatic nitrogens is 3. The molecule has 4 rings (SSSR count). The van der Waals surface area contributed by atoms with E-state index in [-0.39, 0.29) is 12.1 Å². The van der Waals surface area contributed by atoms with Crippen molar-refractivity contribution < 1.29 is 9.90 Å². The maximum absolute atomic E-state index is 13.3. The molecule has 158 valence electrons. The summed E-state index contributed by atoms with van der Waals surface area (Å²) in [7, 11) is 0. The van der Waals surface area contributed by atoms with Gasteiger partial charge in [0.15, 0.2) is 0 Å². The maximum Gasteiger partial charge on any atom is 0.323 e. The summed E-state index contributed by atoms with van der Waals surface area (Å²) in [5, 5.41) is 15.0. The number of carbonyl (C=O) groups is 1. The van der Waals surface area contributed by atoms with Gasteiger partial charge in [-0.3, -0.25) is 9.59 Å². The fraction of sp³-hybridized carbons (Fsp3) is 0.217. The van der Waals surface area contributed by atoms with Gasteiger partial charge in [0.2, 0.25) is 0 Å². The second-order valence-electron chi connectivity index (χ2n) is 8.33. The Balaban J connectivity index is 1.92. The molecule has 2 aromatic heterocycles. The number of fused-ring (bicyclic) bond motifs is 2. The molecule has 0 spiro atoms. The van der Waals surface area contributed by atoms with Crippen molar-refractivity contribution in [3.05, 3.63) is 74.9 Å². The summed E-state index contributed by atoms with van der Waals surface area (Å²) in [6.07, 6.45) is 3.32. The monoisotopic (exact) mass is 480 g/mol. The lowest BCUT2D eigenvalue weighted by Gasteiger charge is -2.20. The molecular weight excluding hydrogens is 460 g/mol. The molecule has 0 bridgehead atoms. The molecule has 4 aromatic rings. The number of nitrogens with zero attached hydrogens (tertiary/aromatic N) is 4. The number of carboxylic acids is 1. The largest absolute Gasteiger partial charge is 0.480 e. The third-order valence-electron chi connectivity index (χ3n) is 4.92. The number of para-hydroxylation sites is 1. The quantitative estimate of drug-likeness (QED) is 0.439. The van der Waals surface area contributed by atoms with Crippen molar-refractivity contribution in [3.63, 3.8) is 0 Å². The summed E-state index contributed by atoms with van der Waals surface area (Å²) in [6, 6.07) is 12.9. The Morgan fingerprint density at radius 1 is 1.19 bits per heavy atom. The Hall–Kier alpha value is -3.26. The number of carboxylic acid groups (broad SMARTS) is 1. The van der Waals surface area contributed by atoms with Crippen LogP contribution in [-0.4, -0.2) is 31.5 Å². The van der Waals surface area contributed by atoms with Gasteiger partial charge < -0.3 is 9.67 Å². The van der Waals surface area contributed by atoms with E-state index in [9.17, 15) is 14.7 Å². The van der Waals surface area contributed by atoms with Crippen LogP contribution in [0.4, 0.5) is 0 Å². The van der Waals surface area contributed by atoms with Crippen LogP contribution >= 0.6 is 15.9 Å². The van der Waals surface area contributed by atoms with Gasteiger partial charge in [-0.1, -0.05) is 54.9 Å². The van der Waals surface area contributed by atoms with Crippen LogP contribution in [0.3, 0.4) is 0 Å². The van der Waals surface area contributed by atoms with Gasteiger partial charge in [-0.25, -0.2) is 4.98 Å². The molecule has 0 amide bonds. The second kappa shape index (κ2) is 7.77. The fourth-order valence-electron chi connectivity index (χ4n) is 3.52. The van der Waals surface area contributed by atoms with E-state index in [1.54, 1.807) is 23.0 Å². The normalized spacial score (nSPS) is 12.3. The van der Waals surface area contributed by atoms with Crippen LogP contribution in [-0.2, 0) is 16.8 Å². The van der Waals surface area contributed by atoms with Gasteiger partial charge in [-0.15, -0.1) is 0 Å². The zero-order chi connectivity index (χ0) is 22.3. The molecule has 0 radical (unpaired) electrons. The minimum atomic E-state index is -0.931. The second-order valence-corrected chi connectivity index (χ2v) is 9.25. The van der Waals surface area contributed by atoms with Crippen molar-refractivity contribution in [2.45, 2.75) is 32.7 Å². The van der Waals surface area contributed by atoms with Crippen LogP contribution in [0.5, 0.6) is 0 Å². The first-order valence-corrected chi connectivity index (χ1v) is 10.5. The molecule has 0 saturated heterocycles. The van der Waals surface area contributed by atoms with E-state index in [0.717, 1.165) is 20.9 Å². The highest BCUT2D eigenvalue weighted by Crippen LogP contribution is 2.24. The van der Waals surface area contributed by atoms with Gasteiger partial charge in [0.05, 0.1) is 17.1 Å². The molecule has 8 heteroatoms. The smallest absolute Gasteiger partial charge is 0.323 e. The summed E-state index contributed by atoms with van der Waals surface area (Å²) in [5.74, 6) is -0.391. The van der Waals surface area contributed by atoms with Crippen molar-refractivity contribution in [3.8, 4) is 0 Å². The van der Waals surface area contributed by atoms with E-state index in [1.807, 2.05) is 57.2 Å². The molecule has 0 aliphatic heterocycles. The first kappa shape index (κ1) is 21.0. The molecule has 31 heavy (non-hydrogen) atoms. The standard InChI is InChI=1S/C23H21BrN4O3/c1-23(2,3)22-26-18-9-8-15(24)10-17(18)21(31)28(22)25-11-14-12-27(13-20(29)30)19-7-5-4-6-16(14)19/h4-12H,13H2,1-3H3,(H,29,30). The van der Waals surface area contributed by atoms with Gasteiger partial charge in [-0.05, 0) is 24.3 Å². The Kier molecular flexibility index (Phi) is 5.26. The van der Waals surface area contributed by atoms with E-state index >= 15 is 0 Å². The first-order valence-electron chi connectivity index (χ1n) is 9.72. The van der Waals surface area contributed by atoms with E-state index < -0.39 is 11.4 Å². The van der Waals surface area contributed by atoms with Crippen LogP contribution < -0.4 is 5.56 Å². The summed E-state index contributed by atoms with van der Waals surface area (Å²) < 4.78 is 3.77. The summed E-state index contributed by atoms with van der Waals surface area (Å²) in [6.45, 7) is 5.77. The molecular formula is C23H21BrN4O3. The van der Waals surface area contributed by atoms with Crippen molar-refractivity contribution >= 4 is 49.9 Å². The Bertz CT molecular complexity index is 1410. The number of hydrogen-bond acceptors (Lipinski definition) is 4. The molecule has 0 saturated carbocycles. The van der Waals surface area contributed by atoms with Crippen molar-refractivity contribution in [2.24, 2.45) is 5.10 Å². The lowest BCUT2D eigenvalue weighted by Crippen LogP contribution is -2.29. The van der Waals surface area contributed by atoms with Crippen LogP contribution in [0.2, 0.25) is 0 Å². The highest BCUT2D eigenvalue weighted by Gasteiger charge is 2.23. The zero-order valence-electron chi connectivity index (χ0n) is 17.3. The topological polar surface area (TPSA) is 89.5 Å². The van der Waals surface area contributed by atoms with Gasteiger partial charge in [-0.2, -0.15) is 9.78 Å². The SMILES string of the molecule is CC(C)(C)c1nc2ccc(Br)cc2c(=O)n1N=Cc1cn(CC(=O)O)c2ccccc12. The predicted octanol–water partition coefficient (Wildman–Crippen LogP) is 4.38. The van der Waals surface area contributed by atoms with Crippen molar-refractivity contribution in [1.29, 1.82) is 0 Å². The maximum atomic E-state index is 13.3. The molecule has 2 heterocycles. The number of hydrogen-bond donors (Lipinski definition) is 1. The summed E-state index contributed by atoms with van der Waals surface area (Å²) in [5.41, 5.74) is 1.44. The minimum Gasteiger partial charge on any atom is -0.480 e. The minimum absolute atomic E-state index is 0.160. The Labute approximate surface area is 186 Å². The lowest BCUT2D eigenvalue weighted by molar-refractivity contribution is -0.137. The van der Waals surface area contributed by atoms with Crippen molar-refractivity contribution in [2.75, 3.05) is 0 Å². The van der Waals surface area contributed by atoms with Gasteiger partial charge in [0, 0.05) is 32.6 Å². The van der Waals surface area contributed by atoms with Gasteiger partial charge in [0.1, 0.15) is 12.4 Å². The number of halogens is 1. The number of aliphatic carboxylic acids is 1. The first-order chi connectivity index (χ1) is 14.6. The van der Waals surface area contributed by atoms with Gasteiger partial charge in [0.25, 0.3) is 5.56 Å². The molecule has 0 aliphatic rings. The lowest BCUT2D eigenvalue weighted by atomic mass is 9.95. The summed E-state index contributed by atoms with van der Waals surface area (Å²) >= 11 is 3.41. The predicted molar refractivity (Wildman–Crippen MR) is 125 cm³/mol. The summed E-state index contributed by atoms with van der Waals surface area (Å²) in [4.78, 5) is 29.2. The van der Waals surface area contributed by atoms with Crippen LogP contribution in [0.25, 0.3) is 21.8 Å². The van der Waals surface area contributed by atoms with Crippen LogP contribution in [0, 0.1) is 0 Å². The highest BCUT2D eigenvalue weighted by atomic mass is 79.9. The van der Waals surface area contributed by atoms with E-state index in [0.29, 0.717) is 16.7 Å². The third-order valence-corrected chi connectivity index (χ3v) is 5.41. The van der Waals surface area contributed by atoms with E-state index in [2.05, 4.69) is 21.0 Å². The average molecular weight is 481 g/mol.